The van der Waals surface area contributed by atoms with Crippen molar-refractivity contribution in [2.24, 2.45) is 17.6 Å². The van der Waals surface area contributed by atoms with E-state index in [4.69, 9.17) is 28.9 Å². The van der Waals surface area contributed by atoms with Crippen LogP contribution in [0.5, 0.6) is 5.75 Å². The number of amides is 1. The highest BCUT2D eigenvalue weighted by molar-refractivity contribution is 6.33. The van der Waals surface area contributed by atoms with Crippen LogP contribution in [-0.4, -0.2) is 91.4 Å². The molecule has 4 rings (SSSR count). The Kier molecular flexibility index (Phi) is 6.90. The molecule has 0 radical (unpaired) electrons. The molecule has 7 N–H and O–H groups in total. The number of aliphatic hydroxyl groups is 4. The number of likely N-dealkylation sites (N-methyl/N-ethyl adjacent to an activating group) is 1. The Morgan fingerprint density at radius 2 is 1.79 bits per heavy atom. The highest BCUT2D eigenvalue weighted by Crippen LogP contribution is 2.56. The molecule has 0 aromatic heterocycles. The second-order valence-electron chi connectivity index (χ2n) is 10.0. The third-order valence-corrected chi connectivity index (χ3v) is 8.46. The largest absolute Gasteiger partial charge is 0.510 e. The first-order chi connectivity index (χ1) is 17.6. The number of nitrogens with zero attached hydrogens (tertiary/aromatic N) is 1. The molecule has 3 aliphatic carbocycles. The quantitative estimate of drug-likeness (QED) is 0.216. The van der Waals surface area contributed by atoms with E-state index < -0.39 is 87.2 Å². The Morgan fingerprint density at radius 3 is 2.32 bits per heavy atom. The molecule has 11 nitrogen and oxygen atoms in total. The first-order valence-electron chi connectivity index (χ1n) is 11.6. The Balaban J connectivity index is 2.02. The lowest BCUT2D eigenvalue weighted by Gasteiger charge is -2.53. The van der Waals surface area contributed by atoms with Crippen LogP contribution in [0.4, 0.5) is 0 Å². The van der Waals surface area contributed by atoms with Crippen molar-refractivity contribution in [3.8, 4) is 5.75 Å². The molecule has 13 heteroatoms. The number of halogens is 2. The van der Waals surface area contributed by atoms with Gasteiger partial charge in [0, 0.05) is 28.5 Å². The normalized spacial score (nSPS) is 30.8. The predicted octanol–water partition coefficient (Wildman–Crippen LogP) is 0.656. The molecule has 0 fully saturated rings. The summed E-state index contributed by atoms with van der Waals surface area (Å²) in [4.78, 5) is 52.5. The second-order valence-corrected chi connectivity index (χ2v) is 10.7. The van der Waals surface area contributed by atoms with Gasteiger partial charge in [0.2, 0.25) is 5.78 Å². The van der Waals surface area contributed by atoms with Crippen molar-refractivity contribution in [3.05, 3.63) is 50.4 Å². The number of aliphatic hydroxyl groups excluding tert-OH is 3. The molecule has 0 aliphatic heterocycles. The smallest absolute Gasteiger partial charge is 0.255 e. The second kappa shape index (κ2) is 9.35. The van der Waals surface area contributed by atoms with Crippen LogP contribution < -0.4 is 5.73 Å². The zero-order valence-corrected chi connectivity index (χ0v) is 22.0. The first kappa shape index (κ1) is 28.1. The number of carbonyl (C=O) groups excluding carboxylic acids is 4. The highest BCUT2D eigenvalue weighted by Gasteiger charge is 2.67. The molecule has 3 aliphatic rings. The number of benzene rings is 1. The van der Waals surface area contributed by atoms with Gasteiger partial charge in [-0.05, 0) is 31.6 Å². The van der Waals surface area contributed by atoms with E-state index in [1.165, 1.54) is 25.1 Å². The molecule has 204 valence electrons. The van der Waals surface area contributed by atoms with Crippen LogP contribution in [0, 0.1) is 11.8 Å². The molecule has 0 bridgehead atoms. The molecular weight excluding hydrogens is 543 g/mol. The minimum absolute atomic E-state index is 0.0245. The zero-order chi connectivity index (χ0) is 28.6. The lowest BCUT2D eigenvalue weighted by molar-refractivity contribution is -0.162. The van der Waals surface area contributed by atoms with Crippen molar-refractivity contribution in [1.82, 2.24) is 4.90 Å². The average molecular weight is 569 g/mol. The lowest BCUT2D eigenvalue weighted by Crippen LogP contribution is -2.68. The van der Waals surface area contributed by atoms with Crippen LogP contribution in [0.25, 0.3) is 0 Å². The number of fused-ring (bicyclic) bond motifs is 3. The molecule has 0 heterocycles. The number of carbonyl (C=O) groups is 4. The molecule has 0 spiro atoms. The summed E-state index contributed by atoms with van der Waals surface area (Å²) < 4.78 is 0. The highest BCUT2D eigenvalue weighted by atomic mass is 35.5. The summed E-state index contributed by atoms with van der Waals surface area (Å²) in [6.45, 7) is 1.58. The summed E-state index contributed by atoms with van der Waals surface area (Å²) in [5.41, 5.74) is 0.554. The van der Waals surface area contributed by atoms with Crippen LogP contribution in [0.3, 0.4) is 0 Å². The van der Waals surface area contributed by atoms with Gasteiger partial charge in [-0.3, -0.25) is 24.1 Å². The van der Waals surface area contributed by atoms with Gasteiger partial charge in [-0.25, -0.2) is 0 Å². The van der Waals surface area contributed by atoms with Crippen molar-refractivity contribution in [2.45, 2.75) is 37.0 Å². The summed E-state index contributed by atoms with van der Waals surface area (Å²) in [5.74, 6) is -11.0. The van der Waals surface area contributed by atoms with E-state index in [9.17, 15) is 44.7 Å². The number of rotatable bonds is 5. The van der Waals surface area contributed by atoms with Crippen LogP contribution >= 0.6 is 23.2 Å². The first-order valence-corrected chi connectivity index (χ1v) is 12.5. The van der Waals surface area contributed by atoms with Gasteiger partial charge in [-0.15, -0.1) is 11.6 Å². The number of phenols is 1. The Morgan fingerprint density at radius 1 is 1.18 bits per heavy atom. The number of nitrogens with two attached hydrogens (primary N) is 1. The van der Waals surface area contributed by atoms with E-state index in [0.717, 1.165) is 0 Å². The number of phenolic OH excluding ortho intramolecular Hbond substituents is 1. The molecule has 1 aromatic rings. The number of Topliss-reactive ketones (excluding diaryl/α,β-unsaturated/α-hetero) is 3. The monoisotopic (exact) mass is 568 g/mol. The van der Waals surface area contributed by atoms with Gasteiger partial charge in [0.05, 0.1) is 29.5 Å². The van der Waals surface area contributed by atoms with E-state index in [0.29, 0.717) is 0 Å². The van der Waals surface area contributed by atoms with Gasteiger partial charge in [0.15, 0.2) is 17.2 Å². The third-order valence-electron chi connectivity index (χ3n) is 7.83. The SMILES string of the molecule is C[C@H]1c2cc(Cl)c(CC(=O)CCl)c(O)c2C(=O)C2=C(O)[C@]3(O)C(=O)C(C(N)=O)=C(O)[C@H](N(C)C)[C@@H]3[C@@H](O)[C@@H]21. The Hall–Kier alpha value is -2.96. The summed E-state index contributed by atoms with van der Waals surface area (Å²) in [5, 5.41) is 56.4. The fourth-order valence-corrected chi connectivity index (χ4v) is 6.47. The van der Waals surface area contributed by atoms with E-state index in [2.05, 4.69) is 0 Å². The van der Waals surface area contributed by atoms with Gasteiger partial charge >= 0.3 is 0 Å². The standard InChI is InChI=1S/C25H26Cl2N2O9/c1-7-9-5-11(27)10(4-8(30)6-26)18(31)13(9)19(32)14-12(7)20(33)16-17(29(2)3)21(34)15(24(28)37)23(36)25(16,38)22(14)35/h5,7,12,16-17,20,31,33-35,38H,4,6H2,1-3H3,(H2,28,37)/t7-,12+,16+,17+,20-,25-/m0/s1. The summed E-state index contributed by atoms with van der Waals surface area (Å²) in [7, 11) is 2.90. The molecule has 0 unspecified atom stereocenters. The minimum atomic E-state index is -3.01. The van der Waals surface area contributed by atoms with Crippen LogP contribution in [-0.2, 0) is 20.8 Å². The van der Waals surface area contributed by atoms with Crippen molar-refractivity contribution in [3.63, 3.8) is 0 Å². The van der Waals surface area contributed by atoms with E-state index in [1.54, 1.807) is 6.92 Å². The molecule has 1 amide bonds. The molecule has 1 aromatic carbocycles. The fraction of sp³-hybridized carbons (Fsp3) is 0.440. The maximum Gasteiger partial charge on any atom is 0.255 e. The number of ketones is 3. The predicted molar refractivity (Wildman–Crippen MR) is 134 cm³/mol. The minimum Gasteiger partial charge on any atom is -0.510 e. The van der Waals surface area contributed by atoms with Gasteiger partial charge < -0.3 is 31.3 Å². The Bertz CT molecular complexity index is 1370. The number of primary amides is 1. The summed E-state index contributed by atoms with van der Waals surface area (Å²) in [6, 6.07) is 0.0126. The average Bonchev–Trinajstić information content (AvgIpc) is 2.83. The molecular formula is C25H26Cl2N2O9. The van der Waals surface area contributed by atoms with Gasteiger partial charge in [-0.1, -0.05) is 18.5 Å². The zero-order valence-electron chi connectivity index (χ0n) is 20.5. The molecule has 0 saturated heterocycles. The van der Waals surface area contributed by atoms with Crippen molar-refractivity contribution < 1.29 is 44.7 Å². The van der Waals surface area contributed by atoms with Crippen molar-refractivity contribution in [1.29, 1.82) is 0 Å². The lowest BCUT2D eigenvalue weighted by atomic mass is 9.55. The van der Waals surface area contributed by atoms with E-state index in [1.807, 2.05) is 0 Å². The maximum atomic E-state index is 13.8. The number of hydrogen-bond acceptors (Lipinski definition) is 10. The van der Waals surface area contributed by atoms with Gasteiger partial charge in [0.25, 0.3) is 5.91 Å². The number of hydrogen-bond donors (Lipinski definition) is 6. The van der Waals surface area contributed by atoms with E-state index in [-0.39, 0.29) is 34.0 Å². The fourth-order valence-electron chi connectivity index (χ4n) is 6.10. The van der Waals surface area contributed by atoms with Gasteiger partial charge in [0.1, 0.15) is 22.8 Å². The number of alkyl halides is 1. The van der Waals surface area contributed by atoms with Crippen molar-refractivity contribution in [2.75, 3.05) is 20.0 Å². The van der Waals surface area contributed by atoms with Crippen LogP contribution in [0.1, 0.15) is 34.3 Å². The maximum absolute atomic E-state index is 13.8. The van der Waals surface area contributed by atoms with Crippen molar-refractivity contribution >= 4 is 46.5 Å². The number of aromatic hydroxyl groups is 1. The van der Waals surface area contributed by atoms with Crippen LogP contribution in [0.2, 0.25) is 5.02 Å². The topological polar surface area (TPSA) is 199 Å². The molecule has 6 atom stereocenters. The third kappa shape index (κ3) is 3.60. The molecule has 38 heavy (non-hydrogen) atoms. The molecule has 0 saturated carbocycles. The van der Waals surface area contributed by atoms with Crippen LogP contribution in [0.15, 0.2) is 28.7 Å². The Labute approximate surface area is 226 Å². The van der Waals surface area contributed by atoms with E-state index >= 15 is 0 Å². The summed E-state index contributed by atoms with van der Waals surface area (Å²) in [6.07, 6.45) is -2.11. The van der Waals surface area contributed by atoms with Gasteiger partial charge in [-0.2, -0.15) is 0 Å². The summed E-state index contributed by atoms with van der Waals surface area (Å²) >= 11 is 11.9.